The number of aromatic amines is 1. The summed E-state index contributed by atoms with van der Waals surface area (Å²) in [6.07, 6.45) is 5.92. The van der Waals surface area contributed by atoms with E-state index in [1.54, 1.807) is 29.8 Å². The molecule has 0 aromatic carbocycles. The first kappa shape index (κ1) is 14.5. The molecule has 6 heteroatoms. The highest BCUT2D eigenvalue weighted by atomic mass is 32.1. The van der Waals surface area contributed by atoms with E-state index in [1.165, 1.54) is 0 Å². The number of hydrogen-bond acceptors (Lipinski definition) is 3. The molecule has 4 rings (SSSR count). The predicted molar refractivity (Wildman–Crippen MR) is 89.7 cm³/mol. The maximum atomic E-state index is 12.9. The van der Waals surface area contributed by atoms with Crippen molar-refractivity contribution in [1.29, 1.82) is 0 Å². The van der Waals surface area contributed by atoms with Crippen LogP contribution in [0.15, 0.2) is 35.3 Å². The lowest BCUT2D eigenvalue weighted by atomic mass is 9.77. The Bertz CT molecular complexity index is 700. The highest BCUT2D eigenvalue weighted by Crippen LogP contribution is 2.43. The lowest BCUT2D eigenvalue weighted by Gasteiger charge is -2.37. The van der Waals surface area contributed by atoms with Crippen LogP contribution in [0.2, 0.25) is 0 Å². The Morgan fingerprint density at radius 3 is 2.61 bits per heavy atom. The van der Waals surface area contributed by atoms with Crippen molar-refractivity contribution in [3.05, 3.63) is 40.8 Å². The van der Waals surface area contributed by atoms with E-state index in [2.05, 4.69) is 4.98 Å². The van der Waals surface area contributed by atoms with Gasteiger partial charge < -0.3 is 14.8 Å². The fourth-order valence-corrected chi connectivity index (χ4v) is 4.36. The summed E-state index contributed by atoms with van der Waals surface area (Å²) in [5.41, 5.74) is 1.44. The number of anilines is 1. The Morgan fingerprint density at radius 1 is 1.17 bits per heavy atom. The molecule has 0 unspecified atom stereocenters. The molecular weight excluding hydrogens is 310 g/mol. The standard InChI is InChI=1S/C17H19N3O2S/c21-15(13-1-6-18-11-13)19-7-3-17(4-8-19)5-9-20(16(17)22)14-2-10-23-12-14/h1-2,6,10-12,18H,3-5,7-9H2. The second-order valence-electron chi connectivity index (χ2n) is 6.36. The lowest BCUT2D eigenvalue weighted by Crippen LogP contribution is -2.46. The summed E-state index contributed by atoms with van der Waals surface area (Å²) in [6.45, 7) is 2.11. The van der Waals surface area contributed by atoms with Gasteiger partial charge in [0.25, 0.3) is 5.91 Å². The Hall–Kier alpha value is -2.08. The Labute approximate surface area is 138 Å². The molecule has 0 aliphatic carbocycles. The molecular formula is C17H19N3O2S. The van der Waals surface area contributed by atoms with E-state index in [9.17, 15) is 9.59 Å². The molecule has 1 N–H and O–H groups in total. The number of hydrogen-bond donors (Lipinski definition) is 1. The topological polar surface area (TPSA) is 56.4 Å². The third-order valence-electron chi connectivity index (χ3n) is 5.18. The number of aromatic nitrogens is 1. The summed E-state index contributed by atoms with van der Waals surface area (Å²) < 4.78 is 0. The fourth-order valence-electron chi connectivity index (χ4n) is 3.72. The number of likely N-dealkylation sites (tertiary alicyclic amines) is 1. The van der Waals surface area contributed by atoms with Gasteiger partial charge in [-0.05, 0) is 36.8 Å². The highest BCUT2D eigenvalue weighted by Gasteiger charge is 2.49. The van der Waals surface area contributed by atoms with Gasteiger partial charge in [-0.2, -0.15) is 11.3 Å². The number of nitrogens with zero attached hydrogens (tertiary/aromatic N) is 2. The average molecular weight is 329 g/mol. The summed E-state index contributed by atoms with van der Waals surface area (Å²) in [5, 5.41) is 4.03. The van der Waals surface area contributed by atoms with Crippen LogP contribution in [0, 0.1) is 5.41 Å². The molecule has 23 heavy (non-hydrogen) atoms. The maximum absolute atomic E-state index is 12.9. The first-order chi connectivity index (χ1) is 11.2. The lowest BCUT2D eigenvalue weighted by molar-refractivity contribution is -0.127. The van der Waals surface area contributed by atoms with Crippen LogP contribution in [0.1, 0.15) is 29.6 Å². The zero-order valence-electron chi connectivity index (χ0n) is 12.8. The number of carbonyl (C=O) groups excluding carboxylic acids is 2. The van der Waals surface area contributed by atoms with E-state index in [-0.39, 0.29) is 17.2 Å². The summed E-state index contributed by atoms with van der Waals surface area (Å²) >= 11 is 1.62. The molecule has 120 valence electrons. The minimum Gasteiger partial charge on any atom is -0.367 e. The molecule has 2 aliphatic heterocycles. The van der Waals surface area contributed by atoms with E-state index in [4.69, 9.17) is 0 Å². The smallest absolute Gasteiger partial charge is 0.255 e. The van der Waals surface area contributed by atoms with Crippen LogP contribution >= 0.6 is 11.3 Å². The molecule has 4 heterocycles. The van der Waals surface area contributed by atoms with Gasteiger partial charge in [0.1, 0.15) is 0 Å². The minimum atomic E-state index is -0.267. The second-order valence-corrected chi connectivity index (χ2v) is 7.14. The fraction of sp³-hybridized carbons (Fsp3) is 0.412. The van der Waals surface area contributed by atoms with Gasteiger partial charge in [-0.1, -0.05) is 0 Å². The summed E-state index contributed by atoms with van der Waals surface area (Å²) in [4.78, 5) is 32.0. The van der Waals surface area contributed by atoms with Crippen molar-refractivity contribution >= 4 is 28.8 Å². The molecule has 2 aliphatic rings. The Morgan fingerprint density at radius 2 is 1.96 bits per heavy atom. The first-order valence-electron chi connectivity index (χ1n) is 7.96. The second kappa shape index (κ2) is 5.53. The van der Waals surface area contributed by atoms with Gasteiger partial charge in [-0.15, -0.1) is 0 Å². The number of rotatable bonds is 2. The zero-order chi connectivity index (χ0) is 15.9. The highest BCUT2D eigenvalue weighted by molar-refractivity contribution is 7.08. The maximum Gasteiger partial charge on any atom is 0.255 e. The van der Waals surface area contributed by atoms with Crippen LogP contribution in [0.4, 0.5) is 5.69 Å². The molecule has 5 nitrogen and oxygen atoms in total. The molecule has 0 saturated carbocycles. The van der Waals surface area contributed by atoms with Gasteiger partial charge in [0.2, 0.25) is 5.91 Å². The monoisotopic (exact) mass is 329 g/mol. The third-order valence-corrected chi connectivity index (χ3v) is 5.85. The van der Waals surface area contributed by atoms with Crippen molar-refractivity contribution < 1.29 is 9.59 Å². The number of carbonyl (C=O) groups is 2. The number of thiophene rings is 1. The van der Waals surface area contributed by atoms with Gasteiger partial charge in [-0.25, -0.2) is 0 Å². The zero-order valence-corrected chi connectivity index (χ0v) is 13.6. The van der Waals surface area contributed by atoms with Crippen LogP contribution in [0.25, 0.3) is 0 Å². The van der Waals surface area contributed by atoms with Crippen molar-refractivity contribution in [2.45, 2.75) is 19.3 Å². The average Bonchev–Trinajstić information content (AvgIpc) is 3.31. The van der Waals surface area contributed by atoms with Crippen molar-refractivity contribution in [1.82, 2.24) is 9.88 Å². The molecule has 0 bridgehead atoms. The number of piperidine rings is 1. The Kier molecular flexibility index (Phi) is 3.49. The minimum absolute atomic E-state index is 0.0567. The van der Waals surface area contributed by atoms with Crippen molar-refractivity contribution in [2.75, 3.05) is 24.5 Å². The molecule has 2 aromatic heterocycles. The van der Waals surface area contributed by atoms with Gasteiger partial charge in [0, 0.05) is 37.4 Å². The van der Waals surface area contributed by atoms with E-state index in [0.29, 0.717) is 18.7 Å². The van der Waals surface area contributed by atoms with Gasteiger partial charge in [0.05, 0.1) is 16.7 Å². The van der Waals surface area contributed by atoms with Crippen LogP contribution in [0.3, 0.4) is 0 Å². The van der Waals surface area contributed by atoms with Gasteiger partial charge in [0.15, 0.2) is 0 Å². The van der Waals surface area contributed by atoms with Crippen LogP contribution in [0.5, 0.6) is 0 Å². The van der Waals surface area contributed by atoms with E-state index >= 15 is 0 Å². The first-order valence-corrected chi connectivity index (χ1v) is 8.90. The van der Waals surface area contributed by atoms with Crippen molar-refractivity contribution in [2.24, 2.45) is 5.41 Å². The van der Waals surface area contributed by atoms with Crippen molar-refractivity contribution in [3.8, 4) is 0 Å². The molecule has 0 radical (unpaired) electrons. The third kappa shape index (κ3) is 2.37. The normalized spacial score (nSPS) is 20.4. The van der Waals surface area contributed by atoms with E-state index in [1.807, 2.05) is 26.6 Å². The Balaban J connectivity index is 1.45. The molecule has 1 spiro atoms. The van der Waals surface area contributed by atoms with Gasteiger partial charge >= 0.3 is 0 Å². The molecule has 0 atom stereocenters. The summed E-state index contributed by atoms with van der Waals surface area (Å²) in [5.74, 6) is 0.297. The molecule has 2 amide bonds. The summed E-state index contributed by atoms with van der Waals surface area (Å²) in [7, 11) is 0. The van der Waals surface area contributed by atoms with Crippen LogP contribution in [-0.2, 0) is 4.79 Å². The molecule has 2 saturated heterocycles. The van der Waals surface area contributed by atoms with Crippen molar-refractivity contribution in [3.63, 3.8) is 0 Å². The number of H-pyrrole nitrogens is 1. The molecule has 2 aromatic rings. The van der Waals surface area contributed by atoms with Crippen LogP contribution < -0.4 is 4.90 Å². The van der Waals surface area contributed by atoms with Crippen LogP contribution in [-0.4, -0.2) is 41.3 Å². The SMILES string of the molecule is O=C(c1cc[nH]c1)N1CCC2(CC1)CCN(c1ccsc1)C2=O. The number of amides is 2. The predicted octanol–water partition coefficient (Wildman–Crippen LogP) is 2.74. The largest absolute Gasteiger partial charge is 0.367 e. The summed E-state index contributed by atoms with van der Waals surface area (Å²) in [6, 6.07) is 3.80. The quantitative estimate of drug-likeness (QED) is 0.921. The number of nitrogens with one attached hydrogen (secondary N) is 1. The van der Waals surface area contributed by atoms with E-state index < -0.39 is 0 Å². The van der Waals surface area contributed by atoms with Gasteiger partial charge in [-0.3, -0.25) is 9.59 Å². The van der Waals surface area contributed by atoms with E-state index in [0.717, 1.165) is 31.5 Å². The molecule has 2 fully saturated rings.